The fourth-order valence-electron chi connectivity index (χ4n) is 3.76. The molecule has 4 rings (SSSR count). The van der Waals surface area contributed by atoms with E-state index in [4.69, 9.17) is 14.8 Å². The van der Waals surface area contributed by atoms with E-state index >= 15 is 0 Å². The van der Waals surface area contributed by atoms with Crippen LogP contribution in [0.5, 0.6) is 0 Å². The van der Waals surface area contributed by atoms with Gasteiger partial charge in [0, 0.05) is 27.4 Å². The van der Waals surface area contributed by atoms with Gasteiger partial charge in [0.25, 0.3) is 0 Å². The van der Waals surface area contributed by atoms with Gasteiger partial charge in [-0.3, -0.25) is 9.79 Å². The van der Waals surface area contributed by atoms with Gasteiger partial charge in [-0.1, -0.05) is 17.3 Å². The molecular formula is C23H22N4O2S. The molecule has 0 saturated carbocycles. The molecular weight excluding hydrogens is 396 g/mol. The number of aryl methyl sites for hydroxylation is 2. The second-order valence-electron chi connectivity index (χ2n) is 7.33. The predicted molar refractivity (Wildman–Crippen MR) is 117 cm³/mol. The summed E-state index contributed by atoms with van der Waals surface area (Å²) in [7, 11) is 0. The number of benzene rings is 1. The number of fused-ring (bicyclic) bond motifs is 3. The molecule has 2 aromatic heterocycles. The number of hydrogen-bond acceptors (Lipinski definition) is 6. The smallest absolute Gasteiger partial charge is 0.222 e. The van der Waals surface area contributed by atoms with E-state index in [1.807, 2.05) is 26.0 Å². The minimum atomic E-state index is -0.474. The maximum atomic E-state index is 12.4. The van der Waals surface area contributed by atoms with Crippen molar-refractivity contribution in [2.45, 2.75) is 40.2 Å². The predicted octanol–water partition coefficient (Wildman–Crippen LogP) is 4.62. The van der Waals surface area contributed by atoms with Crippen LogP contribution < -0.4 is 5.32 Å². The second kappa shape index (κ2) is 7.88. The molecule has 1 N–H and O–H groups in total. The number of carbonyl (C=O) groups is 1. The standard InChI is InChI=1S/C23H22N4O2S/c1-5-25-18(28)10-17-22-20(13(3)27-29-22)23-19(12(2)14(4)30-23)21(26-17)16-8-6-15(11-24)7-9-16/h6-9,17H,5,10H2,1-4H3,(H,25,28)/t17-/m0/s1. The lowest BCUT2D eigenvalue weighted by molar-refractivity contribution is -0.121. The second-order valence-corrected chi connectivity index (χ2v) is 8.56. The fourth-order valence-corrected chi connectivity index (χ4v) is 5.03. The molecule has 0 spiro atoms. The molecule has 1 amide bonds. The summed E-state index contributed by atoms with van der Waals surface area (Å²) in [5.41, 5.74) is 6.26. The Morgan fingerprint density at radius 1 is 1.23 bits per heavy atom. The Labute approximate surface area is 179 Å². The summed E-state index contributed by atoms with van der Waals surface area (Å²) in [6.45, 7) is 8.57. The zero-order valence-electron chi connectivity index (χ0n) is 17.4. The molecule has 0 unspecified atom stereocenters. The average molecular weight is 419 g/mol. The van der Waals surface area contributed by atoms with Gasteiger partial charge in [0.2, 0.25) is 5.91 Å². The Hall–Kier alpha value is -3.24. The summed E-state index contributed by atoms with van der Waals surface area (Å²) in [6, 6.07) is 9.09. The first-order chi connectivity index (χ1) is 14.4. The molecule has 0 fully saturated rings. The Morgan fingerprint density at radius 2 is 1.97 bits per heavy atom. The van der Waals surface area contributed by atoms with Crippen molar-refractivity contribution >= 4 is 23.0 Å². The van der Waals surface area contributed by atoms with Crippen LogP contribution in [0.25, 0.3) is 10.4 Å². The third-order valence-electron chi connectivity index (χ3n) is 5.37. The largest absolute Gasteiger partial charge is 0.358 e. The highest BCUT2D eigenvalue weighted by Gasteiger charge is 2.34. The van der Waals surface area contributed by atoms with Crippen LogP contribution in [0.15, 0.2) is 33.8 Å². The number of nitriles is 1. The van der Waals surface area contributed by atoms with Crippen molar-refractivity contribution in [3.63, 3.8) is 0 Å². The van der Waals surface area contributed by atoms with E-state index in [0.717, 1.165) is 38.5 Å². The Bertz CT molecular complexity index is 1200. The molecule has 3 aromatic rings. The Balaban J connectivity index is 1.95. The quantitative estimate of drug-likeness (QED) is 0.669. The molecule has 1 aromatic carbocycles. The summed E-state index contributed by atoms with van der Waals surface area (Å²) >= 11 is 1.70. The van der Waals surface area contributed by atoms with Crippen LogP contribution in [0.1, 0.15) is 58.0 Å². The van der Waals surface area contributed by atoms with Crippen molar-refractivity contribution < 1.29 is 9.32 Å². The van der Waals surface area contributed by atoms with Crippen molar-refractivity contribution in [1.29, 1.82) is 5.26 Å². The molecule has 1 aliphatic heterocycles. The number of carbonyl (C=O) groups excluding carboxylic acids is 1. The topological polar surface area (TPSA) is 91.3 Å². The first kappa shape index (κ1) is 20.0. The minimum Gasteiger partial charge on any atom is -0.358 e. The van der Waals surface area contributed by atoms with E-state index in [0.29, 0.717) is 17.9 Å². The van der Waals surface area contributed by atoms with E-state index in [9.17, 15) is 4.79 Å². The number of aromatic nitrogens is 1. The molecule has 0 radical (unpaired) electrons. The van der Waals surface area contributed by atoms with Crippen LogP contribution >= 0.6 is 11.3 Å². The van der Waals surface area contributed by atoms with Crippen molar-refractivity contribution in [3.05, 3.63) is 62.9 Å². The van der Waals surface area contributed by atoms with Crippen molar-refractivity contribution in [3.8, 4) is 16.5 Å². The van der Waals surface area contributed by atoms with Crippen LogP contribution in [-0.2, 0) is 4.79 Å². The van der Waals surface area contributed by atoms with Crippen LogP contribution in [0, 0.1) is 32.1 Å². The fraction of sp³-hybridized carbons (Fsp3) is 0.304. The summed E-state index contributed by atoms with van der Waals surface area (Å²) in [5, 5.41) is 16.2. The highest BCUT2D eigenvalue weighted by molar-refractivity contribution is 7.16. The number of aliphatic imine (C=N–C) groups is 1. The van der Waals surface area contributed by atoms with Crippen LogP contribution in [0.2, 0.25) is 0 Å². The number of amides is 1. The third-order valence-corrected chi connectivity index (χ3v) is 6.59. The number of nitrogens with one attached hydrogen (secondary N) is 1. The highest BCUT2D eigenvalue weighted by Crippen LogP contribution is 2.46. The summed E-state index contributed by atoms with van der Waals surface area (Å²) < 4.78 is 5.71. The minimum absolute atomic E-state index is 0.0800. The Kier molecular flexibility index (Phi) is 5.27. The third kappa shape index (κ3) is 3.33. The number of hydrogen-bond donors (Lipinski definition) is 1. The number of thiophene rings is 1. The molecule has 1 aliphatic rings. The molecule has 0 bridgehead atoms. The lowest BCUT2D eigenvalue weighted by atomic mass is 9.96. The van der Waals surface area contributed by atoms with Gasteiger partial charge in [-0.05, 0) is 45.4 Å². The van der Waals surface area contributed by atoms with Gasteiger partial charge in [0.05, 0.1) is 35.0 Å². The van der Waals surface area contributed by atoms with Crippen molar-refractivity contribution in [2.24, 2.45) is 4.99 Å². The molecule has 1 atom stereocenters. The van der Waals surface area contributed by atoms with Gasteiger partial charge in [-0.2, -0.15) is 5.26 Å². The van der Waals surface area contributed by atoms with Gasteiger partial charge >= 0.3 is 0 Å². The Morgan fingerprint density at radius 3 is 2.63 bits per heavy atom. The van der Waals surface area contributed by atoms with Crippen LogP contribution in [0.3, 0.4) is 0 Å². The first-order valence-corrected chi connectivity index (χ1v) is 10.7. The maximum absolute atomic E-state index is 12.4. The van der Waals surface area contributed by atoms with Gasteiger partial charge in [0.1, 0.15) is 6.04 Å². The SMILES string of the molecule is CCNC(=O)C[C@@H]1N=C(c2ccc(C#N)cc2)c2c(sc(C)c2C)-c2c(C)noc21. The summed E-state index contributed by atoms with van der Waals surface area (Å²) in [6.07, 6.45) is 0.183. The summed E-state index contributed by atoms with van der Waals surface area (Å²) in [5.74, 6) is 0.550. The van der Waals surface area contributed by atoms with E-state index in [2.05, 4.69) is 30.4 Å². The maximum Gasteiger partial charge on any atom is 0.222 e. The molecule has 6 nitrogen and oxygen atoms in total. The van der Waals surface area contributed by atoms with E-state index < -0.39 is 6.04 Å². The average Bonchev–Trinajstić information content (AvgIpc) is 3.21. The van der Waals surface area contributed by atoms with E-state index in [1.54, 1.807) is 23.5 Å². The lowest BCUT2D eigenvalue weighted by Gasteiger charge is -2.12. The van der Waals surface area contributed by atoms with Crippen LogP contribution in [0.4, 0.5) is 0 Å². The zero-order valence-corrected chi connectivity index (χ0v) is 18.2. The molecule has 7 heteroatoms. The highest BCUT2D eigenvalue weighted by atomic mass is 32.1. The molecule has 0 aliphatic carbocycles. The van der Waals surface area contributed by atoms with Crippen molar-refractivity contribution in [2.75, 3.05) is 6.54 Å². The van der Waals surface area contributed by atoms with E-state index in [1.165, 1.54) is 4.88 Å². The zero-order chi connectivity index (χ0) is 21.4. The number of rotatable bonds is 4. The van der Waals surface area contributed by atoms with Crippen LogP contribution in [-0.4, -0.2) is 23.3 Å². The normalized spacial score (nSPS) is 14.9. The monoisotopic (exact) mass is 418 g/mol. The summed E-state index contributed by atoms with van der Waals surface area (Å²) in [4.78, 5) is 19.7. The first-order valence-electron chi connectivity index (χ1n) is 9.86. The molecule has 152 valence electrons. The molecule has 30 heavy (non-hydrogen) atoms. The van der Waals surface area contributed by atoms with E-state index in [-0.39, 0.29) is 12.3 Å². The van der Waals surface area contributed by atoms with Gasteiger partial charge in [0.15, 0.2) is 5.76 Å². The van der Waals surface area contributed by atoms with Gasteiger partial charge in [-0.25, -0.2) is 0 Å². The lowest BCUT2D eigenvalue weighted by Crippen LogP contribution is -2.24. The van der Waals surface area contributed by atoms with Gasteiger partial charge < -0.3 is 9.84 Å². The number of nitrogens with zero attached hydrogens (tertiary/aromatic N) is 3. The van der Waals surface area contributed by atoms with Crippen molar-refractivity contribution in [1.82, 2.24) is 10.5 Å². The molecule has 3 heterocycles. The molecule has 0 saturated heterocycles. The van der Waals surface area contributed by atoms with Gasteiger partial charge in [-0.15, -0.1) is 11.3 Å².